The van der Waals surface area contributed by atoms with E-state index >= 15 is 0 Å². The van der Waals surface area contributed by atoms with Gasteiger partial charge < -0.3 is 10.4 Å². The van der Waals surface area contributed by atoms with Crippen molar-refractivity contribution in [2.24, 2.45) is 5.92 Å². The van der Waals surface area contributed by atoms with E-state index in [4.69, 9.17) is 0 Å². The maximum atomic E-state index is 12.1. The summed E-state index contributed by atoms with van der Waals surface area (Å²) in [5.74, 6) is 0.208. The van der Waals surface area contributed by atoms with Gasteiger partial charge >= 0.3 is 0 Å². The highest BCUT2D eigenvalue weighted by Crippen LogP contribution is 2.11. The molecule has 0 saturated heterocycles. The van der Waals surface area contributed by atoms with E-state index in [1.165, 1.54) is 0 Å². The van der Waals surface area contributed by atoms with Crippen molar-refractivity contribution in [3.63, 3.8) is 0 Å². The highest BCUT2D eigenvalue weighted by Gasteiger charge is 2.15. The lowest BCUT2D eigenvalue weighted by Gasteiger charge is -2.18. The predicted molar refractivity (Wildman–Crippen MR) is 71.7 cm³/mol. The summed E-state index contributed by atoms with van der Waals surface area (Å²) in [5, 5.41) is 22.5. The second kappa shape index (κ2) is 5.79. The minimum atomic E-state index is -0.222. The fraction of sp³-hybridized carbons (Fsp3) is 0.462. The number of hydrogen-bond donors (Lipinski definition) is 3. The van der Waals surface area contributed by atoms with Crippen LogP contribution in [0.5, 0.6) is 0 Å². The number of aliphatic hydroxyl groups excluding tert-OH is 1. The molecule has 1 aromatic heterocycles. The van der Waals surface area contributed by atoms with Crippen molar-refractivity contribution in [2.45, 2.75) is 26.3 Å². The lowest BCUT2D eigenvalue weighted by atomic mass is 10.0. The van der Waals surface area contributed by atoms with Gasteiger partial charge in [0.05, 0.1) is 12.6 Å². The SMILES string of the molecule is CC(C)CC(CO)NC(=O)c1ccc2n[nH]nc2c1. The van der Waals surface area contributed by atoms with Gasteiger partial charge in [0.15, 0.2) is 0 Å². The molecule has 2 rings (SSSR count). The lowest BCUT2D eigenvalue weighted by molar-refractivity contribution is 0.0908. The standard InChI is InChI=1S/C13H18N4O2/c1-8(2)5-10(7-18)14-13(19)9-3-4-11-12(6-9)16-17-15-11/h3-4,6,8,10,18H,5,7H2,1-2H3,(H,14,19)(H,15,16,17). The molecule has 1 aromatic carbocycles. The van der Waals surface area contributed by atoms with Crippen LogP contribution in [-0.2, 0) is 0 Å². The van der Waals surface area contributed by atoms with Crippen molar-refractivity contribution in [1.82, 2.24) is 20.7 Å². The third-order valence-electron chi connectivity index (χ3n) is 2.89. The van der Waals surface area contributed by atoms with Crippen LogP contribution in [0.25, 0.3) is 11.0 Å². The van der Waals surface area contributed by atoms with Gasteiger partial charge in [-0.05, 0) is 30.5 Å². The molecule has 0 radical (unpaired) electrons. The first-order chi connectivity index (χ1) is 9.10. The summed E-state index contributed by atoms with van der Waals surface area (Å²) >= 11 is 0. The fourth-order valence-electron chi connectivity index (χ4n) is 2.00. The van der Waals surface area contributed by atoms with Crippen molar-refractivity contribution in [1.29, 1.82) is 0 Å². The van der Waals surface area contributed by atoms with E-state index in [9.17, 15) is 9.90 Å². The van der Waals surface area contributed by atoms with Gasteiger partial charge in [-0.1, -0.05) is 13.8 Å². The molecule has 0 aliphatic rings. The van der Waals surface area contributed by atoms with Gasteiger partial charge in [-0.15, -0.1) is 0 Å². The average Bonchev–Trinajstić information content (AvgIpc) is 2.84. The van der Waals surface area contributed by atoms with E-state index in [1.807, 2.05) is 0 Å². The van der Waals surface area contributed by atoms with Crippen LogP contribution in [0, 0.1) is 5.92 Å². The Bertz CT molecular complexity index is 565. The van der Waals surface area contributed by atoms with E-state index in [0.717, 1.165) is 11.9 Å². The summed E-state index contributed by atoms with van der Waals surface area (Å²) in [7, 11) is 0. The number of aliphatic hydroxyl groups is 1. The number of amides is 1. The van der Waals surface area contributed by atoms with Crippen LogP contribution in [0.4, 0.5) is 0 Å². The van der Waals surface area contributed by atoms with Crippen LogP contribution < -0.4 is 5.32 Å². The Morgan fingerprint density at radius 3 is 2.79 bits per heavy atom. The zero-order valence-corrected chi connectivity index (χ0v) is 11.1. The molecule has 0 spiro atoms. The van der Waals surface area contributed by atoms with E-state index in [2.05, 4.69) is 34.6 Å². The monoisotopic (exact) mass is 262 g/mol. The Morgan fingerprint density at radius 2 is 2.11 bits per heavy atom. The van der Waals surface area contributed by atoms with E-state index in [1.54, 1.807) is 18.2 Å². The van der Waals surface area contributed by atoms with Crippen LogP contribution in [0.15, 0.2) is 18.2 Å². The molecule has 1 heterocycles. The van der Waals surface area contributed by atoms with Gasteiger partial charge in [0.2, 0.25) is 0 Å². The smallest absolute Gasteiger partial charge is 0.251 e. The molecule has 1 unspecified atom stereocenters. The molecule has 0 aliphatic heterocycles. The van der Waals surface area contributed by atoms with Crippen molar-refractivity contribution in [2.75, 3.05) is 6.61 Å². The maximum Gasteiger partial charge on any atom is 0.251 e. The molecular formula is C13H18N4O2. The first-order valence-electron chi connectivity index (χ1n) is 6.32. The van der Waals surface area contributed by atoms with Gasteiger partial charge in [0, 0.05) is 5.56 Å². The van der Waals surface area contributed by atoms with Crippen LogP contribution in [0.3, 0.4) is 0 Å². The number of H-pyrrole nitrogens is 1. The van der Waals surface area contributed by atoms with Crippen molar-refractivity contribution in [3.05, 3.63) is 23.8 Å². The van der Waals surface area contributed by atoms with Crippen molar-refractivity contribution < 1.29 is 9.90 Å². The Morgan fingerprint density at radius 1 is 1.37 bits per heavy atom. The minimum Gasteiger partial charge on any atom is -0.394 e. The second-order valence-electron chi connectivity index (χ2n) is 5.01. The molecule has 3 N–H and O–H groups in total. The first-order valence-corrected chi connectivity index (χ1v) is 6.32. The number of aromatic nitrogens is 3. The quantitative estimate of drug-likeness (QED) is 0.752. The number of nitrogens with zero attached hydrogens (tertiary/aromatic N) is 2. The molecule has 0 aliphatic carbocycles. The molecule has 6 nitrogen and oxygen atoms in total. The second-order valence-corrected chi connectivity index (χ2v) is 5.01. The molecule has 2 aromatic rings. The van der Waals surface area contributed by atoms with E-state index in [0.29, 0.717) is 17.0 Å². The number of aromatic amines is 1. The number of nitrogens with one attached hydrogen (secondary N) is 2. The average molecular weight is 262 g/mol. The summed E-state index contributed by atoms with van der Waals surface area (Å²) in [5.41, 5.74) is 1.89. The topological polar surface area (TPSA) is 90.9 Å². The normalized spacial score (nSPS) is 12.8. The van der Waals surface area contributed by atoms with Gasteiger partial charge in [-0.25, -0.2) is 0 Å². The molecule has 0 bridgehead atoms. The van der Waals surface area contributed by atoms with Crippen molar-refractivity contribution in [3.8, 4) is 0 Å². The van der Waals surface area contributed by atoms with Crippen LogP contribution in [-0.4, -0.2) is 39.1 Å². The number of benzene rings is 1. The summed E-state index contributed by atoms with van der Waals surface area (Å²) in [4.78, 5) is 12.1. The molecule has 0 fully saturated rings. The Hall–Kier alpha value is -1.95. The molecule has 19 heavy (non-hydrogen) atoms. The summed E-state index contributed by atoms with van der Waals surface area (Å²) in [6.45, 7) is 4.04. The Labute approximate surface area is 111 Å². The molecule has 0 saturated carbocycles. The zero-order valence-electron chi connectivity index (χ0n) is 11.1. The van der Waals surface area contributed by atoms with E-state index in [-0.39, 0.29) is 18.6 Å². The van der Waals surface area contributed by atoms with Crippen LogP contribution in [0.2, 0.25) is 0 Å². The molecular weight excluding hydrogens is 244 g/mol. The third kappa shape index (κ3) is 3.29. The number of carbonyl (C=O) groups excluding carboxylic acids is 1. The number of fused-ring (bicyclic) bond motifs is 1. The Balaban J connectivity index is 2.09. The fourth-order valence-corrected chi connectivity index (χ4v) is 2.00. The van der Waals surface area contributed by atoms with Gasteiger partial charge in [0.1, 0.15) is 11.0 Å². The molecule has 1 amide bonds. The van der Waals surface area contributed by atoms with Crippen molar-refractivity contribution >= 4 is 16.9 Å². The molecule has 6 heteroatoms. The highest BCUT2D eigenvalue weighted by atomic mass is 16.3. The number of carbonyl (C=O) groups is 1. The van der Waals surface area contributed by atoms with Crippen LogP contribution in [0.1, 0.15) is 30.6 Å². The predicted octanol–water partition coefficient (Wildman–Crippen LogP) is 1.09. The summed E-state index contributed by atoms with van der Waals surface area (Å²) in [6.07, 6.45) is 0.744. The van der Waals surface area contributed by atoms with Gasteiger partial charge in [-0.3, -0.25) is 4.79 Å². The molecule has 1 atom stereocenters. The number of hydrogen-bond acceptors (Lipinski definition) is 4. The minimum absolute atomic E-state index is 0.0594. The van der Waals surface area contributed by atoms with Gasteiger partial charge in [-0.2, -0.15) is 15.4 Å². The number of rotatable bonds is 5. The molecule has 102 valence electrons. The highest BCUT2D eigenvalue weighted by molar-refractivity contribution is 5.97. The first kappa shape index (κ1) is 13.5. The summed E-state index contributed by atoms with van der Waals surface area (Å²) < 4.78 is 0. The third-order valence-corrected chi connectivity index (χ3v) is 2.89. The zero-order chi connectivity index (χ0) is 13.8. The maximum absolute atomic E-state index is 12.1. The van der Waals surface area contributed by atoms with Crippen LogP contribution >= 0.6 is 0 Å². The van der Waals surface area contributed by atoms with Gasteiger partial charge in [0.25, 0.3) is 5.91 Å². The van der Waals surface area contributed by atoms with E-state index < -0.39 is 0 Å². The Kier molecular flexibility index (Phi) is 4.11. The lowest BCUT2D eigenvalue weighted by Crippen LogP contribution is -2.38. The largest absolute Gasteiger partial charge is 0.394 e. The summed E-state index contributed by atoms with van der Waals surface area (Å²) in [6, 6.07) is 4.90.